The van der Waals surface area contributed by atoms with Crippen LogP contribution >= 0.6 is 0 Å². The second-order valence-corrected chi connectivity index (χ2v) is 5.51. The fourth-order valence-electron chi connectivity index (χ4n) is 2.51. The van der Waals surface area contributed by atoms with Gasteiger partial charge in [-0.1, -0.05) is 30.2 Å². The van der Waals surface area contributed by atoms with Crippen LogP contribution in [-0.4, -0.2) is 13.2 Å². The molecule has 1 heteroatoms. The van der Waals surface area contributed by atoms with Crippen molar-refractivity contribution in [2.45, 2.75) is 65.4 Å². The first-order valence-corrected chi connectivity index (χ1v) is 6.97. The summed E-state index contributed by atoms with van der Waals surface area (Å²) in [7, 11) is 1.86. The molecule has 0 saturated heterocycles. The third kappa shape index (κ3) is 5.54. The number of allylic oxidation sites excluding steroid dienone is 4. The highest BCUT2D eigenvalue weighted by Gasteiger charge is 2.16. The third-order valence-electron chi connectivity index (χ3n) is 3.91. The van der Waals surface area contributed by atoms with Crippen molar-refractivity contribution in [3.8, 4) is 0 Å². The summed E-state index contributed by atoms with van der Waals surface area (Å²) < 4.78 is 5.64. The predicted octanol–water partition coefficient (Wildman–Crippen LogP) is 4.88. The lowest BCUT2D eigenvalue weighted by Crippen LogP contribution is -2.20. The largest absolute Gasteiger partial charge is 0.381 e. The lowest BCUT2D eigenvalue weighted by Gasteiger charge is -2.23. The second kappa shape index (κ2) is 7.71. The van der Waals surface area contributed by atoms with Gasteiger partial charge < -0.3 is 4.74 Å². The van der Waals surface area contributed by atoms with E-state index in [9.17, 15) is 0 Å². The van der Waals surface area contributed by atoms with E-state index < -0.39 is 0 Å². The van der Waals surface area contributed by atoms with Crippen molar-refractivity contribution >= 4 is 0 Å². The zero-order valence-corrected chi connectivity index (χ0v) is 12.0. The van der Waals surface area contributed by atoms with Crippen LogP contribution in [-0.2, 0) is 4.74 Å². The molecule has 1 rings (SSSR count). The maximum atomic E-state index is 5.64. The van der Waals surface area contributed by atoms with Crippen molar-refractivity contribution in [3.05, 3.63) is 23.3 Å². The third-order valence-corrected chi connectivity index (χ3v) is 3.91. The van der Waals surface area contributed by atoms with Crippen molar-refractivity contribution in [3.63, 3.8) is 0 Å². The molecule has 98 valence electrons. The number of methoxy groups -OCH3 is 1. The van der Waals surface area contributed by atoms with Gasteiger partial charge in [-0.05, 0) is 58.3 Å². The molecule has 1 aliphatic rings. The topological polar surface area (TPSA) is 9.23 Å². The summed E-state index contributed by atoms with van der Waals surface area (Å²) in [5.41, 5.74) is 3.06. The highest BCUT2D eigenvalue weighted by molar-refractivity contribution is 5.03. The van der Waals surface area contributed by atoms with E-state index in [1.165, 1.54) is 44.1 Å². The molecule has 0 amide bonds. The molecule has 0 heterocycles. The van der Waals surface area contributed by atoms with E-state index >= 15 is 0 Å². The number of hydrogen-bond acceptors (Lipinski definition) is 1. The molecule has 0 N–H and O–H groups in total. The van der Waals surface area contributed by atoms with Crippen molar-refractivity contribution in [1.82, 2.24) is 0 Å². The Kier molecular flexibility index (Phi) is 6.57. The Morgan fingerprint density at radius 2 is 1.53 bits per heavy atom. The fraction of sp³-hybridized carbons (Fsp3) is 0.750. The molecular weight excluding hydrogens is 208 g/mol. The van der Waals surface area contributed by atoms with Crippen LogP contribution < -0.4 is 0 Å². The lowest BCUT2D eigenvalue weighted by molar-refractivity contribution is 0.0490. The van der Waals surface area contributed by atoms with Gasteiger partial charge in [-0.2, -0.15) is 0 Å². The predicted molar refractivity (Wildman–Crippen MR) is 75.2 cm³/mol. The van der Waals surface area contributed by atoms with E-state index in [0.717, 1.165) is 0 Å². The standard InChI is InChI=1S/C16H28O/c1-13-7-5-6-8-14(2)10-12-16(17-4)15(3)11-9-13/h7-8,15-16H,5-6,9-12H2,1-4H3/b13-7-,14-8-. The van der Waals surface area contributed by atoms with Gasteiger partial charge in [0, 0.05) is 7.11 Å². The monoisotopic (exact) mass is 236 g/mol. The molecular formula is C16H28O. The first-order valence-electron chi connectivity index (χ1n) is 6.97. The minimum atomic E-state index is 0.422. The smallest absolute Gasteiger partial charge is 0.0600 e. The molecule has 0 aromatic heterocycles. The maximum Gasteiger partial charge on any atom is 0.0600 e. The van der Waals surface area contributed by atoms with Gasteiger partial charge in [0.25, 0.3) is 0 Å². The van der Waals surface area contributed by atoms with E-state index in [2.05, 4.69) is 32.9 Å². The van der Waals surface area contributed by atoms with E-state index in [1.807, 2.05) is 7.11 Å². The van der Waals surface area contributed by atoms with Crippen molar-refractivity contribution in [1.29, 1.82) is 0 Å². The Bertz CT molecular complexity index is 275. The first-order chi connectivity index (χ1) is 8.13. The molecule has 17 heavy (non-hydrogen) atoms. The summed E-state index contributed by atoms with van der Waals surface area (Å²) in [6.45, 7) is 6.84. The zero-order valence-electron chi connectivity index (χ0n) is 12.0. The Hall–Kier alpha value is -0.560. The van der Waals surface area contributed by atoms with Crippen molar-refractivity contribution < 1.29 is 4.74 Å². The van der Waals surface area contributed by atoms with Gasteiger partial charge in [0.1, 0.15) is 0 Å². The lowest BCUT2D eigenvalue weighted by atomic mass is 9.91. The van der Waals surface area contributed by atoms with Crippen LogP contribution in [0.4, 0.5) is 0 Å². The molecule has 2 atom stereocenters. The molecule has 0 saturated carbocycles. The molecule has 2 unspecified atom stereocenters. The minimum Gasteiger partial charge on any atom is -0.381 e. The van der Waals surface area contributed by atoms with Gasteiger partial charge in [0.2, 0.25) is 0 Å². The molecule has 1 aliphatic carbocycles. The van der Waals surface area contributed by atoms with Gasteiger partial charge in [-0.15, -0.1) is 0 Å². The summed E-state index contributed by atoms with van der Waals surface area (Å²) in [4.78, 5) is 0. The molecule has 0 spiro atoms. The quantitative estimate of drug-likeness (QED) is 0.589. The van der Waals surface area contributed by atoms with Gasteiger partial charge in [-0.3, -0.25) is 0 Å². The van der Waals surface area contributed by atoms with Crippen LogP contribution in [0.25, 0.3) is 0 Å². The van der Waals surface area contributed by atoms with E-state index in [4.69, 9.17) is 4.74 Å². The molecule has 0 fully saturated rings. The summed E-state index contributed by atoms with van der Waals surface area (Å²) in [6, 6.07) is 0. The van der Waals surface area contributed by atoms with E-state index in [0.29, 0.717) is 12.0 Å². The Labute approximate surface area is 107 Å². The van der Waals surface area contributed by atoms with Crippen LogP contribution in [0.15, 0.2) is 23.3 Å². The SMILES string of the molecule is COC1CC/C(C)=C\CC/C=C(/C)CCC1C. The summed E-state index contributed by atoms with van der Waals surface area (Å²) in [6.07, 6.45) is 12.4. The Balaban J connectivity index is 2.66. The molecule has 0 bridgehead atoms. The Morgan fingerprint density at radius 3 is 2.06 bits per heavy atom. The number of ether oxygens (including phenoxy) is 1. The maximum absolute atomic E-state index is 5.64. The molecule has 0 radical (unpaired) electrons. The van der Waals surface area contributed by atoms with Gasteiger partial charge in [0.15, 0.2) is 0 Å². The normalized spacial score (nSPS) is 34.8. The van der Waals surface area contributed by atoms with Crippen LogP contribution in [0.2, 0.25) is 0 Å². The molecule has 0 aliphatic heterocycles. The summed E-state index contributed by atoms with van der Waals surface area (Å²) >= 11 is 0. The highest BCUT2D eigenvalue weighted by Crippen LogP contribution is 2.23. The van der Waals surface area contributed by atoms with E-state index in [-0.39, 0.29) is 0 Å². The average molecular weight is 236 g/mol. The highest BCUT2D eigenvalue weighted by atomic mass is 16.5. The fourth-order valence-corrected chi connectivity index (χ4v) is 2.51. The molecule has 0 aromatic rings. The van der Waals surface area contributed by atoms with Gasteiger partial charge >= 0.3 is 0 Å². The van der Waals surface area contributed by atoms with Gasteiger partial charge in [0.05, 0.1) is 6.10 Å². The van der Waals surface area contributed by atoms with E-state index in [1.54, 1.807) is 5.57 Å². The van der Waals surface area contributed by atoms with Gasteiger partial charge in [-0.25, -0.2) is 0 Å². The molecule has 0 aromatic carbocycles. The van der Waals surface area contributed by atoms with Crippen LogP contribution in [0, 0.1) is 5.92 Å². The number of rotatable bonds is 1. The minimum absolute atomic E-state index is 0.422. The van der Waals surface area contributed by atoms with Crippen molar-refractivity contribution in [2.24, 2.45) is 5.92 Å². The van der Waals surface area contributed by atoms with Crippen molar-refractivity contribution in [2.75, 3.05) is 7.11 Å². The average Bonchev–Trinajstić information content (AvgIpc) is 2.31. The van der Waals surface area contributed by atoms with Crippen LogP contribution in [0.1, 0.15) is 59.3 Å². The number of hydrogen-bond donors (Lipinski definition) is 0. The Morgan fingerprint density at radius 1 is 1.00 bits per heavy atom. The van der Waals surface area contributed by atoms with Crippen LogP contribution in [0.3, 0.4) is 0 Å². The van der Waals surface area contributed by atoms with Crippen LogP contribution in [0.5, 0.6) is 0 Å². The molecule has 1 nitrogen and oxygen atoms in total. The zero-order chi connectivity index (χ0) is 12.7. The summed E-state index contributed by atoms with van der Waals surface area (Å²) in [5, 5.41) is 0. The first kappa shape index (κ1) is 14.5. The second-order valence-electron chi connectivity index (χ2n) is 5.51. The summed E-state index contributed by atoms with van der Waals surface area (Å²) in [5.74, 6) is 0.663.